The van der Waals surface area contributed by atoms with Gasteiger partial charge in [-0.05, 0) is 73.6 Å². The van der Waals surface area contributed by atoms with E-state index in [4.69, 9.17) is 4.52 Å². The zero-order chi connectivity index (χ0) is 22.7. The molecule has 0 aromatic carbocycles. The summed E-state index contributed by atoms with van der Waals surface area (Å²) in [6, 6.07) is 0. The average molecular weight is 447 g/mol. The fourth-order valence-corrected chi connectivity index (χ4v) is 4.06. The Morgan fingerprint density at radius 1 is 0.828 bits per heavy atom. The number of hydrogen-bond donors (Lipinski definition) is 0. The molecule has 0 rings (SSSR count). The van der Waals surface area contributed by atoms with Gasteiger partial charge in [0.25, 0.3) is 7.82 Å². The summed E-state index contributed by atoms with van der Waals surface area (Å²) in [4.78, 5) is 33.1. The van der Waals surface area contributed by atoms with Crippen LogP contribution in [0.2, 0.25) is 0 Å². The summed E-state index contributed by atoms with van der Waals surface area (Å²) in [5, 5.41) is 0. The number of rotatable bonds is 13. The van der Waals surface area contributed by atoms with Gasteiger partial charge < -0.3 is 23.8 Å². The van der Waals surface area contributed by atoms with Crippen LogP contribution < -0.4 is 14.7 Å². The summed E-state index contributed by atoms with van der Waals surface area (Å²) in [7, 11) is -11.0. The second-order valence-electron chi connectivity index (χ2n) is 7.56. The number of hydrogen-bond acceptors (Lipinski definition) is 7. The number of phosphoric acid groups is 2. The maximum atomic E-state index is 11.8. The third-order valence-corrected chi connectivity index (χ3v) is 5.95. The predicted molar refractivity (Wildman–Crippen MR) is 111 cm³/mol. The molecular formula is C20H33O7P2-3. The van der Waals surface area contributed by atoms with E-state index in [0.29, 0.717) is 6.42 Å². The first-order chi connectivity index (χ1) is 13.2. The van der Waals surface area contributed by atoms with Crippen LogP contribution in [0.3, 0.4) is 0 Å². The van der Waals surface area contributed by atoms with Crippen LogP contribution in [0.25, 0.3) is 0 Å². The maximum absolute atomic E-state index is 11.8. The van der Waals surface area contributed by atoms with Gasteiger partial charge in [-0.1, -0.05) is 46.6 Å². The summed E-state index contributed by atoms with van der Waals surface area (Å²) in [6.07, 6.45) is 10.0. The van der Waals surface area contributed by atoms with Gasteiger partial charge >= 0.3 is 0 Å². The van der Waals surface area contributed by atoms with Crippen molar-refractivity contribution >= 4 is 15.6 Å². The van der Waals surface area contributed by atoms with Crippen molar-refractivity contribution in [1.82, 2.24) is 0 Å². The Balaban J connectivity index is 5.27. The van der Waals surface area contributed by atoms with Crippen molar-refractivity contribution in [3.8, 4) is 0 Å². The van der Waals surface area contributed by atoms with Crippen LogP contribution in [0.1, 0.15) is 73.6 Å². The number of allylic oxidation sites excluding steroid dienone is 6. The van der Waals surface area contributed by atoms with Gasteiger partial charge in [0.05, 0.1) is 13.9 Å². The second kappa shape index (κ2) is 13.5. The van der Waals surface area contributed by atoms with Crippen LogP contribution in [0.15, 0.2) is 46.6 Å². The van der Waals surface area contributed by atoms with Gasteiger partial charge in [-0.2, -0.15) is 0 Å². The standard InChI is InChI=1S/C20H36O7P2/c1-16(2)9-7-11-18(5)13-14-20(15-19(6)12-8-10-17(3)4)26-29(24,25)27-28(21,22)23/h9-10,13,15,20H,7-8,11-12,14H2,1-6H3,(H,24,25)(H2,21,22,23)/p-3/b18-13+,19-15+. The molecule has 0 fully saturated rings. The van der Waals surface area contributed by atoms with Crippen LogP contribution >= 0.6 is 15.6 Å². The van der Waals surface area contributed by atoms with Crippen LogP contribution in [0.5, 0.6) is 0 Å². The highest BCUT2D eigenvalue weighted by atomic mass is 31.3. The van der Waals surface area contributed by atoms with Gasteiger partial charge in [-0.15, -0.1) is 0 Å². The topological polar surface area (TPSA) is 122 Å². The summed E-state index contributed by atoms with van der Waals surface area (Å²) in [5.74, 6) is 0. The molecule has 168 valence electrons. The lowest BCUT2D eigenvalue weighted by molar-refractivity contribution is -0.339. The molecule has 0 amide bonds. The third-order valence-electron chi connectivity index (χ3n) is 3.82. The highest BCUT2D eigenvalue weighted by Gasteiger charge is 2.18. The van der Waals surface area contributed by atoms with E-state index in [9.17, 15) is 23.8 Å². The molecule has 29 heavy (non-hydrogen) atoms. The first kappa shape index (κ1) is 28.2. The van der Waals surface area contributed by atoms with E-state index in [1.165, 1.54) is 11.1 Å². The quantitative estimate of drug-likeness (QED) is 0.302. The van der Waals surface area contributed by atoms with Crippen molar-refractivity contribution in [1.29, 1.82) is 0 Å². The predicted octanol–water partition coefficient (Wildman–Crippen LogP) is 4.46. The van der Waals surface area contributed by atoms with Crippen molar-refractivity contribution in [3.05, 3.63) is 46.6 Å². The maximum Gasteiger partial charge on any atom is 0.272 e. The lowest BCUT2D eigenvalue weighted by Crippen LogP contribution is -2.21. The van der Waals surface area contributed by atoms with E-state index in [1.54, 1.807) is 6.08 Å². The summed E-state index contributed by atoms with van der Waals surface area (Å²) in [6.45, 7) is 11.8. The Kier molecular flexibility index (Phi) is 13.1. The van der Waals surface area contributed by atoms with Crippen molar-refractivity contribution < 1.29 is 32.6 Å². The Morgan fingerprint density at radius 3 is 1.76 bits per heavy atom. The Labute approximate surface area is 175 Å². The van der Waals surface area contributed by atoms with E-state index in [2.05, 4.69) is 16.5 Å². The van der Waals surface area contributed by atoms with E-state index in [0.717, 1.165) is 30.4 Å². The molecule has 0 bridgehead atoms. The van der Waals surface area contributed by atoms with Gasteiger partial charge in [-0.3, -0.25) is 8.88 Å². The molecular weight excluding hydrogens is 414 g/mol. The molecule has 0 heterocycles. The number of phosphoric ester groups is 1. The second-order valence-corrected chi connectivity index (χ2v) is 10.2. The van der Waals surface area contributed by atoms with Crippen LogP contribution in [-0.2, 0) is 18.0 Å². The highest BCUT2D eigenvalue weighted by molar-refractivity contribution is 7.58. The molecule has 0 aromatic heterocycles. The fraction of sp³-hybridized carbons (Fsp3) is 0.600. The molecule has 0 saturated carbocycles. The van der Waals surface area contributed by atoms with Gasteiger partial charge in [-0.25, -0.2) is 0 Å². The minimum Gasteiger partial charge on any atom is -0.790 e. The molecule has 2 unspecified atom stereocenters. The SMILES string of the molecule is CC(C)=CCC/C(C)=C/CC(/C=C(\C)CCC=C(C)C)OP(=O)([O-])OP(=O)([O-])[O-]. The first-order valence-corrected chi connectivity index (χ1v) is 12.4. The van der Waals surface area contributed by atoms with Crippen molar-refractivity contribution in [2.45, 2.75) is 79.8 Å². The van der Waals surface area contributed by atoms with Gasteiger partial charge in [0.1, 0.15) is 0 Å². The summed E-state index contributed by atoms with van der Waals surface area (Å²) < 4.78 is 30.9. The lowest BCUT2D eigenvalue weighted by Gasteiger charge is -2.36. The Hall–Kier alpha value is -0.780. The molecule has 0 aromatic rings. The van der Waals surface area contributed by atoms with Crippen LogP contribution in [-0.4, -0.2) is 6.10 Å². The van der Waals surface area contributed by atoms with E-state index in [1.807, 2.05) is 47.6 Å². The van der Waals surface area contributed by atoms with E-state index in [-0.39, 0.29) is 6.42 Å². The largest absolute Gasteiger partial charge is 0.790 e. The zero-order valence-corrected chi connectivity index (χ0v) is 20.0. The molecule has 0 N–H and O–H groups in total. The molecule has 0 saturated heterocycles. The molecule has 7 nitrogen and oxygen atoms in total. The highest BCUT2D eigenvalue weighted by Crippen LogP contribution is 2.51. The third kappa shape index (κ3) is 17.8. The fourth-order valence-electron chi connectivity index (χ4n) is 2.45. The molecule has 2 atom stereocenters. The van der Waals surface area contributed by atoms with Crippen molar-refractivity contribution in [2.75, 3.05) is 0 Å². The molecule has 0 spiro atoms. The minimum atomic E-state index is -5.72. The minimum absolute atomic E-state index is 0.207. The molecule has 0 aliphatic rings. The average Bonchev–Trinajstić information content (AvgIpc) is 2.49. The Bertz CT molecular complexity index is 721. The summed E-state index contributed by atoms with van der Waals surface area (Å²) >= 11 is 0. The van der Waals surface area contributed by atoms with E-state index < -0.39 is 21.7 Å². The van der Waals surface area contributed by atoms with Crippen LogP contribution in [0, 0.1) is 0 Å². The molecule has 0 aliphatic carbocycles. The molecule has 9 heteroatoms. The molecule has 0 radical (unpaired) electrons. The van der Waals surface area contributed by atoms with Crippen molar-refractivity contribution in [2.24, 2.45) is 0 Å². The van der Waals surface area contributed by atoms with Crippen molar-refractivity contribution in [3.63, 3.8) is 0 Å². The zero-order valence-electron chi connectivity index (χ0n) is 18.2. The van der Waals surface area contributed by atoms with Gasteiger partial charge in [0.2, 0.25) is 0 Å². The van der Waals surface area contributed by atoms with E-state index >= 15 is 0 Å². The normalized spacial score (nSPS) is 16.2. The molecule has 0 aliphatic heterocycles. The van der Waals surface area contributed by atoms with Gasteiger partial charge in [0, 0.05) is 0 Å². The lowest BCUT2D eigenvalue weighted by atomic mass is 10.0. The Morgan fingerprint density at radius 2 is 1.31 bits per heavy atom. The van der Waals surface area contributed by atoms with Crippen LogP contribution in [0.4, 0.5) is 0 Å². The smallest absolute Gasteiger partial charge is 0.272 e. The van der Waals surface area contributed by atoms with Gasteiger partial charge in [0.15, 0.2) is 0 Å². The first-order valence-electron chi connectivity index (χ1n) is 9.52. The summed E-state index contributed by atoms with van der Waals surface area (Å²) in [5.41, 5.74) is 4.33. The monoisotopic (exact) mass is 447 g/mol.